The van der Waals surface area contributed by atoms with E-state index in [0.717, 1.165) is 11.3 Å². The fourth-order valence-corrected chi connectivity index (χ4v) is 2.90. The first-order valence-electron chi connectivity index (χ1n) is 7.02. The second-order valence-corrected chi connectivity index (χ2v) is 6.03. The maximum atomic E-state index is 12.3. The Morgan fingerprint density at radius 2 is 1.73 bits per heavy atom. The maximum Gasteiger partial charge on any atom is 0.248 e. The highest BCUT2D eigenvalue weighted by Crippen LogP contribution is 2.26. The van der Waals surface area contributed by atoms with Gasteiger partial charge in [-0.2, -0.15) is 0 Å². The smallest absolute Gasteiger partial charge is 0.248 e. The number of primary amides is 1. The van der Waals surface area contributed by atoms with Gasteiger partial charge in [0.05, 0.1) is 5.25 Å². The standard InChI is InChI=1S/C17H18N2O2S/c1-2-15(22-14-6-4-3-5-7-14)17(21)19-13-10-8-12(9-11-13)16(18)20/h3-11,15H,2H2,1H3,(H2,18,20)(H,19,21). The number of nitrogens with one attached hydrogen (secondary N) is 1. The van der Waals surface area contributed by atoms with Crippen molar-refractivity contribution in [1.29, 1.82) is 0 Å². The molecule has 0 heterocycles. The molecule has 22 heavy (non-hydrogen) atoms. The third-order valence-corrected chi connectivity index (χ3v) is 4.50. The van der Waals surface area contributed by atoms with Crippen molar-refractivity contribution in [2.45, 2.75) is 23.5 Å². The Labute approximate surface area is 134 Å². The van der Waals surface area contributed by atoms with Gasteiger partial charge in [-0.3, -0.25) is 9.59 Å². The fraction of sp³-hybridized carbons (Fsp3) is 0.176. The summed E-state index contributed by atoms with van der Waals surface area (Å²) in [6, 6.07) is 16.4. The van der Waals surface area contributed by atoms with E-state index in [4.69, 9.17) is 5.73 Å². The molecule has 0 fully saturated rings. The number of carbonyl (C=O) groups is 2. The summed E-state index contributed by atoms with van der Waals surface area (Å²) < 4.78 is 0. The van der Waals surface area contributed by atoms with E-state index >= 15 is 0 Å². The van der Waals surface area contributed by atoms with E-state index in [1.54, 1.807) is 24.3 Å². The third kappa shape index (κ3) is 4.36. The van der Waals surface area contributed by atoms with Gasteiger partial charge in [-0.25, -0.2) is 0 Å². The molecule has 4 nitrogen and oxygen atoms in total. The Balaban J connectivity index is 2.01. The molecule has 3 N–H and O–H groups in total. The Hall–Kier alpha value is -2.27. The van der Waals surface area contributed by atoms with E-state index in [-0.39, 0.29) is 11.2 Å². The molecule has 2 rings (SSSR count). The predicted molar refractivity (Wildman–Crippen MR) is 90.0 cm³/mol. The van der Waals surface area contributed by atoms with Crippen molar-refractivity contribution in [2.75, 3.05) is 5.32 Å². The molecule has 114 valence electrons. The highest BCUT2D eigenvalue weighted by Gasteiger charge is 2.18. The lowest BCUT2D eigenvalue weighted by Crippen LogP contribution is -2.24. The van der Waals surface area contributed by atoms with Crippen LogP contribution in [0.4, 0.5) is 5.69 Å². The van der Waals surface area contributed by atoms with Gasteiger partial charge < -0.3 is 11.1 Å². The summed E-state index contributed by atoms with van der Waals surface area (Å²) in [5, 5.41) is 2.70. The van der Waals surface area contributed by atoms with Crippen molar-refractivity contribution in [3.8, 4) is 0 Å². The quantitative estimate of drug-likeness (QED) is 0.804. The minimum Gasteiger partial charge on any atom is -0.366 e. The van der Waals surface area contributed by atoms with E-state index in [1.807, 2.05) is 37.3 Å². The summed E-state index contributed by atoms with van der Waals surface area (Å²) in [4.78, 5) is 24.4. The zero-order valence-electron chi connectivity index (χ0n) is 12.3. The van der Waals surface area contributed by atoms with Gasteiger partial charge in [0, 0.05) is 16.1 Å². The van der Waals surface area contributed by atoms with E-state index < -0.39 is 5.91 Å². The van der Waals surface area contributed by atoms with Gasteiger partial charge in [0.25, 0.3) is 0 Å². The largest absolute Gasteiger partial charge is 0.366 e. The molecule has 1 unspecified atom stereocenters. The number of anilines is 1. The van der Waals surface area contributed by atoms with E-state index in [1.165, 1.54) is 11.8 Å². The lowest BCUT2D eigenvalue weighted by atomic mass is 10.2. The van der Waals surface area contributed by atoms with Crippen LogP contribution in [0.1, 0.15) is 23.7 Å². The normalized spacial score (nSPS) is 11.7. The topological polar surface area (TPSA) is 72.2 Å². The molecule has 2 amide bonds. The second kappa shape index (κ2) is 7.66. The summed E-state index contributed by atoms with van der Waals surface area (Å²) in [5.41, 5.74) is 6.27. The second-order valence-electron chi connectivity index (χ2n) is 4.76. The van der Waals surface area contributed by atoms with Crippen LogP contribution in [-0.2, 0) is 4.79 Å². The van der Waals surface area contributed by atoms with E-state index in [0.29, 0.717) is 11.3 Å². The molecule has 0 bridgehead atoms. The monoisotopic (exact) mass is 314 g/mol. The molecule has 2 aromatic carbocycles. The van der Waals surface area contributed by atoms with Crippen molar-refractivity contribution in [3.05, 3.63) is 60.2 Å². The third-order valence-electron chi connectivity index (χ3n) is 3.12. The van der Waals surface area contributed by atoms with Gasteiger partial charge in [-0.1, -0.05) is 25.1 Å². The van der Waals surface area contributed by atoms with Crippen LogP contribution in [0.3, 0.4) is 0 Å². The summed E-state index contributed by atoms with van der Waals surface area (Å²) in [7, 11) is 0. The van der Waals surface area contributed by atoms with Crippen LogP contribution < -0.4 is 11.1 Å². The van der Waals surface area contributed by atoms with Crippen molar-refractivity contribution in [3.63, 3.8) is 0 Å². The van der Waals surface area contributed by atoms with Crippen molar-refractivity contribution in [1.82, 2.24) is 0 Å². The Kier molecular flexibility index (Phi) is 5.61. The average molecular weight is 314 g/mol. The molecule has 0 radical (unpaired) electrons. The van der Waals surface area contributed by atoms with Gasteiger partial charge in [0.2, 0.25) is 11.8 Å². The van der Waals surface area contributed by atoms with Crippen molar-refractivity contribution in [2.24, 2.45) is 5.73 Å². The lowest BCUT2D eigenvalue weighted by molar-refractivity contribution is -0.115. The molecule has 0 aliphatic carbocycles. The molecule has 2 aromatic rings. The summed E-state index contributed by atoms with van der Waals surface area (Å²) in [6.45, 7) is 1.98. The molecule has 1 atom stereocenters. The molecule has 0 spiro atoms. The van der Waals surface area contributed by atoms with Crippen molar-refractivity contribution >= 4 is 29.3 Å². The molecule has 0 saturated heterocycles. The van der Waals surface area contributed by atoms with Crippen LogP contribution in [0.15, 0.2) is 59.5 Å². The predicted octanol–water partition coefficient (Wildman–Crippen LogP) is 3.29. The van der Waals surface area contributed by atoms with Crippen molar-refractivity contribution < 1.29 is 9.59 Å². The van der Waals surface area contributed by atoms with E-state index in [9.17, 15) is 9.59 Å². The maximum absolute atomic E-state index is 12.3. The number of amides is 2. The first-order chi connectivity index (χ1) is 10.6. The highest BCUT2D eigenvalue weighted by atomic mass is 32.2. The number of thioether (sulfide) groups is 1. The van der Waals surface area contributed by atoms with Gasteiger partial charge in [-0.15, -0.1) is 11.8 Å². The Bertz CT molecular complexity index is 641. The van der Waals surface area contributed by atoms with Gasteiger partial charge in [-0.05, 0) is 42.8 Å². The first-order valence-corrected chi connectivity index (χ1v) is 7.90. The fourth-order valence-electron chi connectivity index (χ4n) is 1.93. The van der Waals surface area contributed by atoms with Crippen LogP contribution in [0.25, 0.3) is 0 Å². The van der Waals surface area contributed by atoms with Crippen LogP contribution in [-0.4, -0.2) is 17.1 Å². The lowest BCUT2D eigenvalue weighted by Gasteiger charge is -2.14. The zero-order chi connectivity index (χ0) is 15.9. The minimum atomic E-state index is -0.482. The number of carbonyl (C=O) groups excluding carboxylic acids is 2. The molecule has 0 saturated carbocycles. The number of rotatable bonds is 6. The molecule has 5 heteroatoms. The minimum absolute atomic E-state index is 0.0526. The summed E-state index contributed by atoms with van der Waals surface area (Å²) in [6.07, 6.45) is 0.727. The Morgan fingerprint density at radius 3 is 2.27 bits per heavy atom. The van der Waals surface area contributed by atoms with Gasteiger partial charge in [0.1, 0.15) is 0 Å². The molecular weight excluding hydrogens is 296 g/mol. The molecule has 0 aliphatic rings. The number of benzene rings is 2. The van der Waals surface area contributed by atoms with E-state index in [2.05, 4.69) is 5.32 Å². The zero-order valence-corrected chi connectivity index (χ0v) is 13.1. The number of nitrogens with two attached hydrogens (primary N) is 1. The molecular formula is C17H18N2O2S. The Morgan fingerprint density at radius 1 is 1.09 bits per heavy atom. The number of hydrogen-bond acceptors (Lipinski definition) is 3. The summed E-state index contributed by atoms with van der Waals surface area (Å²) in [5.74, 6) is -0.535. The SMILES string of the molecule is CCC(Sc1ccccc1)C(=O)Nc1ccc(C(N)=O)cc1. The highest BCUT2D eigenvalue weighted by molar-refractivity contribution is 8.00. The molecule has 0 aromatic heterocycles. The van der Waals surface area contributed by atoms with Crippen LogP contribution in [0, 0.1) is 0 Å². The molecule has 0 aliphatic heterocycles. The first kappa shape index (κ1) is 16.1. The average Bonchev–Trinajstić information content (AvgIpc) is 2.54. The van der Waals surface area contributed by atoms with Crippen LogP contribution in [0.2, 0.25) is 0 Å². The van der Waals surface area contributed by atoms with Gasteiger partial charge in [0.15, 0.2) is 0 Å². The summed E-state index contributed by atoms with van der Waals surface area (Å²) >= 11 is 1.54. The van der Waals surface area contributed by atoms with Crippen LogP contribution in [0.5, 0.6) is 0 Å². The van der Waals surface area contributed by atoms with Gasteiger partial charge >= 0.3 is 0 Å². The number of hydrogen-bond donors (Lipinski definition) is 2. The van der Waals surface area contributed by atoms with Crippen LogP contribution >= 0.6 is 11.8 Å².